The molecule has 17 aromatic rings. The molecule has 0 N–H and O–H groups in total. The second-order valence-corrected chi connectivity index (χ2v) is 35.1. The summed E-state index contributed by atoms with van der Waals surface area (Å²) in [6, 6.07) is 86.6. The molecular weight excluding hydrogens is 1750 g/mol. The van der Waals surface area contributed by atoms with Gasteiger partial charge in [-0.15, -0.1) is 0 Å². The zero-order valence-electron chi connectivity index (χ0n) is 74.9. The molecule has 684 valence electrons. The lowest BCUT2D eigenvalue weighted by molar-refractivity contribution is -0.137. The summed E-state index contributed by atoms with van der Waals surface area (Å²) in [6.07, 6.45) is 6.14. The standard InChI is InChI=1S/C114H88N4O20/c1-3-115(61-67-17-7-5-8-18-67)113(123)107(93-29-15-47-125-93)117-109(119)89-57-95(135-77-39-31-73(32-40-77)131-81-25-11-21-69(49-81)53-85-63-127-85)101-103-97(137-79-43-35-75(36-44-79)133-83-27-13-23-71(51-83)55-87-65-129-87)59-91-100-92(112(122)118(111(91)121)108(94-30-16-48-126-94)114(124)116(4-2)62-68-19-9-6-10-20-68)60-98(138-80-45-37-76(38-46-80)134-84-28-14-24-72(52-84)56-88-66-130-88)104(106(100)103)102-96(58-90(110(117)120)99(89)105(101)102)136-78-41-33-74(34-42-78)132-82-26-12-22-70(50-82)54-86-64-128-86/h5-52,57-60,85-88,107-108H,3-4,53-56,61-66H2,1-2H3. The van der Waals surface area contributed by atoms with Gasteiger partial charge in [-0.2, -0.15) is 0 Å². The Bertz CT molecular complexity index is 6770. The van der Waals surface area contributed by atoms with Crippen molar-refractivity contribution in [2.24, 2.45) is 0 Å². The molecule has 24 nitrogen and oxygen atoms in total. The van der Waals surface area contributed by atoms with Crippen molar-refractivity contribution >= 4 is 78.5 Å². The average molecular weight is 1830 g/mol. The maximum absolute atomic E-state index is 17.2. The Kier molecular flexibility index (Phi) is 22.7. The summed E-state index contributed by atoms with van der Waals surface area (Å²) in [5, 5.41) is 1.10. The number of carbonyl (C=O) groups is 6. The number of furan rings is 2. The van der Waals surface area contributed by atoms with Gasteiger partial charge < -0.3 is 75.5 Å². The van der Waals surface area contributed by atoms with Crippen molar-refractivity contribution in [1.29, 1.82) is 0 Å². The topological polar surface area (TPSA) is 266 Å². The fraction of sp³-hybridized carbons (Fsp3) is 0.175. The molecule has 6 aliphatic rings. The number of benzene rings is 15. The number of ether oxygens (including phenoxy) is 12. The minimum Gasteiger partial charge on any atom is -0.467 e. The van der Waals surface area contributed by atoms with Crippen LogP contribution in [0.15, 0.2) is 325 Å². The van der Waals surface area contributed by atoms with Crippen LogP contribution >= 0.6 is 0 Å². The Morgan fingerprint density at radius 1 is 0.283 bits per heavy atom. The van der Waals surface area contributed by atoms with Gasteiger partial charge in [0.2, 0.25) is 0 Å². The average Bonchev–Trinajstić information content (AvgIpc) is 0.956. The van der Waals surface area contributed by atoms with Gasteiger partial charge in [0, 0.05) is 95.0 Å². The molecule has 6 unspecified atom stereocenters. The second-order valence-electron chi connectivity index (χ2n) is 35.1. The quantitative estimate of drug-likeness (QED) is 0.0153. The Morgan fingerprint density at radius 3 is 0.761 bits per heavy atom. The molecule has 6 aliphatic heterocycles. The van der Waals surface area contributed by atoms with Crippen molar-refractivity contribution in [3.8, 4) is 92.0 Å². The largest absolute Gasteiger partial charge is 0.467 e. The number of carbonyl (C=O) groups excluding carboxylic acids is 6. The third kappa shape index (κ3) is 17.6. The molecule has 8 heterocycles. The van der Waals surface area contributed by atoms with E-state index < -0.39 is 47.5 Å². The van der Waals surface area contributed by atoms with Gasteiger partial charge in [-0.25, -0.2) is 0 Å². The van der Waals surface area contributed by atoms with Crippen LogP contribution < -0.4 is 37.9 Å². The van der Waals surface area contributed by atoms with E-state index in [4.69, 9.17) is 65.7 Å². The van der Waals surface area contributed by atoms with Crippen LogP contribution in [-0.2, 0) is 67.3 Å². The van der Waals surface area contributed by atoms with Crippen LogP contribution in [0.4, 0.5) is 0 Å². The van der Waals surface area contributed by atoms with Crippen LogP contribution in [0.5, 0.6) is 92.0 Å². The van der Waals surface area contributed by atoms with Gasteiger partial charge in [-0.05, 0) is 241 Å². The molecule has 6 atom stereocenters. The molecule has 0 radical (unpaired) electrons. The van der Waals surface area contributed by atoms with Crippen LogP contribution in [0.1, 0.15) is 112 Å². The van der Waals surface area contributed by atoms with Crippen LogP contribution in [0.25, 0.3) is 43.1 Å². The number of fused-ring (bicyclic) bond motifs is 2. The summed E-state index contributed by atoms with van der Waals surface area (Å²) in [5.74, 6) is -0.183. The smallest absolute Gasteiger partial charge is 0.262 e. The van der Waals surface area contributed by atoms with Crippen molar-refractivity contribution in [2.45, 2.75) is 89.1 Å². The highest BCUT2D eigenvalue weighted by molar-refractivity contribution is 6.45. The number of likely N-dealkylation sites (N-methyl/N-ethyl adjacent to an activating group) is 2. The molecular formula is C114H88N4O20. The molecule has 24 heteroatoms. The molecule has 6 amide bonds. The summed E-state index contributed by atoms with van der Waals surface area (Å²) in [4.78, 5) is 106. The van der Waals surface area contributed by atoms with E-state index in [1.807, 2.05) is 172 Å². The van der Waals surface area contributed by atoms with Gasteiger partial charge in [0.25, 0.3) is 35.4 Å². The zero-order chi connectivity index (χ0) is 93.2. The van der Waals surface area contributed by atoms with Gasteiger partial charge in [0.1, 0.15) is 104 Å². The fourth-order valence-electron chi connectivity index (χ4n) is 18.7. The maximum atomic E-state index is 17.2. The normalized spacial score (nSPS) is 16.5. The van der Waals surface area contributed by atoms with Crippen molar-refractivity contribution in [2.75, 3.05) is 39.5 Å². The van der Waals surface area contributed by atoms with E-state index in [9.17, 15) is 0 Å². The van der Waals surface area contributed by atoms with Crippen molar-refractivity contribution in [1.82, 2.24) is 19.6 Å². The summed E-state index contributed by atoms with van der Waals surface area (Å²) >= 11 is 0. The van der Waals surface area contributed by atoms with Crippen LogP contribution in [0.3, 0.4) is 0 Å². The Morgan fingerprint density at radius 2 is 0.529 bits per heavy atom. The van der Waals surface area contributed by atoms with E-state index >= 15 is 28.8 Å². The Hall–Kier alpha value is -16.4. The highest BCUT2D eigenvalue weighted by Crippen LogP contribution is 2.59. The first-order chi connectivity index (χ1) is 67.7. The molecule has 15 aromatic carbocycles. The molecule has 2 aromatic heterocycles. The molecule has 0 saturated carbocycles. The molecule has 4 fully saturated rings. The van der Waals surface area contributed by atoms with Crippen LogP contribution in [0.2, 0.25) is 0 Å². The molecule has 4 saturated heterocycles. The monoisotopic (exact) mass is 1830 g/mol. The van der Waals surface area contributed by atoms with E-state index in [0.29, 0.717) is 98.1 Å². The second kappa shape index (κ2) is 36.4. The number of amides is 6. The molecule has 0 spiro atoms. The minimum atomic E-state index is -1.73. The highest BCUT2D eigenvalue weighted by Gasteiger charge is 2.50. The lowest BCUT2D eigenvalue weighted by Gasteiger charge is -2.36. The number of hydrogen-bond donors (Lipinski definition) is 0. The van der Waals surface area contributed by atoms with Gasteiger partial charge in [0.15, 0.2) is 12.1 Å². The fourth-order valence-corrected chi connectivity index (χ4v) is 18.7. The van der Waals surface area contributed by atoms with Crippen LogP contribution in [0, 0.1) is 0 Å². The van der Waals surface area contributed by atoms with Crippen molar-refractivity contribution < 1.29 is 94.4 Å². The molecule has 0 aliphatic carbocycles. The number of hydrogen-bond acceptors (Lipinski definition) is 20. The maximum Gasteiger partial charge on any atom is 0.262 e. The Labute approximate surface area is 791 Å². The Balaban J connectivity index is 0.784. The number of imide groups is 2. The summed E-state index contributed by atoms with van der Waals surface area (Å²) in [6.45, 7) is 6.84. The predicted molar refractivity (Wildman–Crippen MR) is 513 cm³/mol. The number of nitrogens with zero attached hydrogens (tertiary/aromatic N) is 4. The lowest BCUT2D eigenvalue weighted by atomic mass is 9.80. The molecule has 23 rings (SSSR count). The van der Waals surface area contributed by atoms with E-state index in [0.717, 1.165) is 43.2 Å². The number of epoxide rings is 4. The van der Waals surface area contributed by atoms with E-state index in [1.165, 1.54) is 12.5 Å². The van der Waals surface area contributed by atoms with Gasteiger partial charge in [-0.3, -0.25) is 38.6 Å². The first kappa shape index (κ1) is 85.8. The summed E-state index contributed by atoms with van der Waals surface area (Å²) < 4.78 is 91.2. The first-order valence-electron chi connectivity index (χ1n) is 46.2. The minimum absolute atomic E-state index is 0.0110. The molecule has 138 heavy (non-hydrogen) atoms. The summed E-state index contributed by atoms with van der Waals surface area (Å²) in [5.41, 5.74) is 5.26. The first-order valence-corrected chi connectivity index (χ1v) is 46.2. The van der Waals surface area contributed by atoms with E-state index in [-0.39, 0.29) is 173 Å². The highest BCUT2D eigenvalue weighted by atomic mass is 16.6. The molecule has 0 bridgehead atoms. The van der Waals surface area contributed by atoms with Crippen molar-refractivity contribution in [3.05, 3.63) is 383 Å². The van der Waals surface area contributed by atoms with Crippen molar-refractivity contribution in [3.63, 3.8) is 0 Å². The predicted octanol–water partition coefficient (Wildman–Crippen LogP) is 23.8. The SMILES string of the molecule is CCN(Cc1ccccc1)C(=O)C(c1ccco1)N1C(=O)c2cc(Oc3ccc(Oc4cccc(CC5CO5)c4)cc3)c3c4c(Oc5ccc(Oc6cccc(CC7CO7)c6)cc5)cc5c6c(cc(Oc7ccc(Oc8cccc(CC9CO9)c8)cc7)c(c7c(Oc8ccc(Oc9cccc(CC%10CO%10)c9)cc8)cc(c2c37)C1=O)c64)C(=O)N(C(C(=O)N(CC)Cc1ccccc1)c1ccco1)C5=O. The lowest BCUT2D eigenvalue weighted by Crippen LogP contribution is -2.49. The zero-order valence-corrected chi connectivity index (χ0v) is 74.9. The van der Waals surface area contributed by atoms with Gasteiger partial charge in [-0.1, -0.05) is 109 Å². The third-order valence-corrected chi connectivity index (χ3v) is 25.6. The van der Waals surface area contributed by atoms with Crippen LogP contribution in [-0.4, -0.2) is 119 Å². The van der Waals surface area contributed by atoms with E-state index in [2.05, 4.69) is 0 Å². The van der Waals surface area contributed by atoms with Gasteiger partial charge in [0.05, 0.1) is 85.6 Å². The van der Waals surface area contributed by atoms with E-state index in [1.54, 1.807) is 155 Å². The summed E-state index contributed by atoms with van der Waals surface area (Å²) in [7, 11) is 0. The third-order valence-electron chi connectivity index (χ3n) is 25.6. The number of rotatable bonds is 36. The van der Waals surface area contributed by atoms with Gasteiger partial charge >= 0.3 is 0 Å².